The molecule has 1 aromatic carbocycles. The molecule has 0 saturated carbocycles. The number of benzene rings is 1. The van der Waals surface area contributed by atoms with Crippen molar-refractivity contribution in [3.8, 4) is 17.8 Å². The predicted molar refractivity (Wildman–Crippen MR) is 76.3 cm³/mol. The Balaban J connectivity index is 2.21. The van der Waals surface area contributed by atoms with E-state index in [0.717, 1.165) is 12.0 Å². The Labute approximate surface area is 121 Å². The third-order valence-corrected chi connectivity index (χ3v) is 2.62. The van der Waals surface area contributed by atoms with Crippen LogP contribution >= 0.6 is 11.6 Å². The second-order valence-electron chi connectivity index (χ2n) is 4.12. The van der Waals surface area contributed by atoms with Crippen LogP contribution in [0.2, 0.25) is 5.02 Å². The van der Waals surface area contributed by atoms with Crippen LogP contribution in [0.1, 0.15) is 18.9 Å². The Morgan fingerprint density at radius 1 is 1.20 bits per heavy atom. The molecule has 0 bridgehead atoms. The first-order chi connectivity index (χ1) is 9.58. The van der Waals surface area contributed by atoms with Crippen molar-refractivity contribution < 1.29 is 9.47 Å². The predicted octanol–water partition coefficient (Wildman–Crippen LogP) is 3.00. The van der Waals surface area contributed by atoms with E-state index in [9.17, 15) is 0 Å². The van der Waals surface area contributed by atoms with Crippen LogP contribution < -0.4 is 15.2 Å². The summed E-state index contributed by atoms with van der Waals surface area (Å²) < 4.78 is 10.9. The summed E-state index contributed by atoms with van der Waals surface area (Å²) >= 11 is 5.89. The van der Waals surface area contributed by atoms with Crippen LogP contribution in [0, 0.1) is 6.92 Å². The zero-order valence-electron chi connectivity index (χ0n) is 11.3. The topological polar surface area (TPSA) is 83.2 Å². The number of aromatic nitrogens is 3. The molecule has 0 radical (unpaired) electrons. The quantitative estimate of drug-likeness (QED) is 0.912. The first-order valence-corrected chi connectivity index (χ1v) is 6.54. The number of hydrogen-bond acceptors (Lipinski definition) is 6. The second kappa shape index (κ2) is 6.38. The molecule has 20 heavy (non-hydrogen) atoms. The summed E-state index contributed by atoms with van der Waals surface area (Å²) in [6.45, 7) is 4.36. The van der Waals surface area contributed by atoms with Crippen LogP contribution in [0.15, 0.2) is 18.2 Å². The molecule has 6 nitrogen and oxygen atoms in total. The van der Waals surface area contributed by atoms with Gasteiger partial charge in [-0.15, -0.1) is 4.98 Å². The molecule has 0 spiro atoms. The van der Waals surface area contributed by atoms with E-state index in [1.54, 1.807) is 18.2 Å². The molecule has 1 aromatic heterocycles. The molecule has 106 valence electrons. The third kappa shape index (κ3) is 3.71. The zero-order valence-corrected chi connectivity index (χ0v) is 12.0. The maximum absolute atomic E-state index is 5.89. The van der Waals surface area contributed by atoms with Gasteiger partial charge in [0.1, 0.15) is 5.75 Å². The lowest BCUT2D eigenvalue weighted by atomic mass is 10.2. The molecular weight excluding hydrogens is 280 g/mol. The number of nitrogens with zero attached hydrogens (tertiary/aromatic N) is 3. The SMILES string of the molecule is CCCOc1nc(N)nc(Oc2ccc(Cl)cc2C)n1. The van der Waals surface area contributed by atoms with Crippen LogP contribution in [-0.2, 0) is 0 Å². The van der Waals surface area contributed by atoms with E-state index in [-0.39, 0.29) is 18.0 Å². The molecule has 7 heteroatoms. The van der Waals surface area contributed by atoms with Gasteiger partial charge in [0.05, 0.1) is 6.61 Å². The van der Waals surface area contributed by atoms with Crippen LogP contribution in [-0.4, -0.2) is 21.6 Å². The smallest absolute Gasteiger partial charge is 0.330 e. The molecule has 2 rings (SSSR count). The summed E-state index contributed by atoms with van der Waals surface area (Å²) in [4.78, 5) is 11.9. The molecule has 2 aromatic rings. The Bertz CT molecular complexity index is 607. The maximum Gasteiger partial charge on any atom is 0.330 e. The fourth-order valence-corrected chi connectivity index (χ4v) is 1.71. The number of anilines is 1. The van der Waals surface area contributed by atoms with Gasteiger partial charge in [-0.1, -0.05) is 18.5 Å². The lowest BCUT2D eigenvalue weighted by molar-refractivity contribution is 0.285. The Kier molecular flexibility index (Phi) is 4.57. The summed E-state index contributed by atoms with van der Waals surface area (Å²) in [5.74, 6) is 0.647. The van der Waals surface area contributed by atoms with E-state index in [2.05, 4.69) is 15.0 Å². The van der Waals surface area contributed by atoms with Crippen molar-refractivity contribution in [2.24, 2.45) is 0 Å². The zero-order chi connectivity index (χ0) is 14.5. The van der Waals surface area contributed by atoms with Gasteiger partial charge < -0.3 is 15.2 Å². The van der Waals surface area contributed by atoms with Crippen molar-refractivity contribution in [1.82, 2.24) is 15.0 Å². The number of ether oxygens (including phenoxy) is 2. The lowest BCUT2D eigenvalue weighted by Gasteiger charge is -2.09. The van der Waals surface area contributed by atoms with Crippen LogP contribution in [0.5, 0.6) is 17.8 Å². The van der Waals surface area contributed by atoms with Crippen molar-refractivity contribution in [1.29, 1.82) is 0 Å². The minimum Gasteiger partial charge on any atom is -0.463 e. The molecule has 0 fully saturated rings. The summed E-state index contributed by atoms with van der Waals surface area (Å²) in [5.41, 5.74) is 6.47. The van der Waals surface area contributed by atoms with Gasteiger partial charge in [0.15, 0.2) is 0 Å². The van der Waals surface area contributed by atoms with Gasteiger partial charge in [0.2, 0.25) is 5.95 Å². The summed E-state index contributed by atoms with van der Waals surface area (Å²) in [6, 6.07) is 5.50. The molecular formula is C13H15ClN4O2. The maximum atomic E-state index is 5.89. The molecule has 0 aliphatic carbocycles. The van der Waals surface area contributed by atoms with Crippen molar-refractivity contribution in [2.45, 2.75) is 20.3 Å². The van der Waals surface area contributed by atoms with E-state index >= 15 is 0 Å². The minimum atomic E-state index is 0.0488. The molecule has 0 aliphatic heterocycles. The van der Waals surface area contributed by atoms with Crippen molar-refractivity contribution in [2.75, 3.05) is 12.3 Å². The van der Waals surface area contributed by atoms with Crippen LogP contribution in [0.4, 0.5) is 5.95 Å². The van der Waals surface area contributed by atoms with Gasteiger partial charge >= 0.3 is 12.0 Å². The van der Waals surface area contributed by atoms with Crippen LogP contribution in [0.25, 0.3) is 0 Å². The summed E-state index contributed by atoms with van der Waals surface area (Å²) in [5, 5.41) is 0.636. The van der Waals surface area contributed by atoms with Crippen LogP contribution in [0.3, 0.4) is 0 Å². The molecule has 1 heterocycles. The lowest BCUT2D eigenvalue weighted by Crippen LogP contribution is -2.06. The Morgan fingerprint density at radius 3 is 2.65 bits per heavy atom. The largest absolute Gasteiger partial charge is 0.463 e. The van der Waals surface area contributed by atoms with E-state index in [0.29, 0.717) is 17.4 Å². The number of nitrogen functional groups attached to an aromatic ring is 1. The Morgan fingerprint density at radius 2 is 1.95 bits per heavy atom. The molecule has 0 aliphatic rings. The van der Waals surface area contributed by atoms with Gasteiger partial charge in [-0.05, 0) is 37.1 Å². The molecule has 0 saturated heterocycles. The molecule has 0 atom stereocenters. The molecule has 0 unspecified atom stereocenters. The first-order valence-electron chi connectivity index (χ1n) is 6.17. The van der Waals surface area contributed by atoms with Gasteiger partial charge in [-0.3, -0.25) is 0 Å². The number of aryl methyl sites for hydroxylation is 1. The van der Waals surface area contributed by atoms with Gasteiger partial charge in [0.25, 0.3) is 0 Å². The summed E-state index contributed by atoms with van der Waals surface area (Å²) in [6.07, 6.45) is 0.845. The van der Waals surface area contributed by atoms with E-state index in [1.807, 2.05) is 13.8 Å². The average molecular weight is 295 g/mol. The van der Waals surface area contributed by atoms with E-state index in [4.69, 9.17) is 26.8 Å². The van der Waals surface area contributed by atoms with E-state index in [1.165, 1.54) is 0 Å². The van der Waals surface area contributed by atoms with Crippen molar-refractivity contribution in [3.05, 3.63) is 28.8 Å². The normalized spacial score (nSPS) is 10.3. The first kappa shape index (κ1) is 14.3. The van der Waals surface area contributed by atoms with Gasteiger partial charge in [-0.25, -0.2) is 0 Å². The van der Waals surface area contributed by atoms with Crippen molar-refractivity contribution >= 4 is 17.5 Å². The third-order valence-electron chi connectivity index (χ3n) is 2.39. The number of halogens is 1. The van der Waals surface area contributed by atoms with Gasteiger partial charge in [0, 0.05) is 5.02 Å². The number of nitrogens with two attached hydrogens (primary N) is 1. The van der Waals surface area contributed by atoms with Crippen molar-refractivity contribution in [3.63, 3.8) is 0 Å². The molecule has 0 amide bonds. The number of hydrogen-bond donors (Lipinski definition) is 1. The second-order valence-corrected chi connectivity index (χ2v) is 4.56. The Hall–Kier alpha value is -2.08. The van der Waals surface area contributed by atoms with Gasteiger partial charge in [-0.2, -0.15) is 9.97 Å². The minimum absolute atomic E-state index is 0.0488. The molecule has 2 N–H and O–H groups in total. The highest BCUT2D eigenvalue weighted by Gasteiger charge is 2.09. The van der Waals surface area contributed by atoms with E-state index < -0.39 is 0 Å². The number of rotatable bonds is 5. The monoisotopic (exact) mass is 294 g/mol. The standard InChI is InChI=1S/C13H15ClN4O2/c1-3-6-19-12-16-11(15)17-13(18-12)20-10-5-4-9(14)7-8(10)2/h4-5,7H,3,6H2,1-2H3,(H2,15,16,17,18). The fraction of sp³-hybridized carbons (Fsp3) is 0.308. The summed E-state index contributed by atoms with van der Waals surface area (Å²) in [7, 11) is 0. The highest BCUT2D eigenvalue weighted by Crippen LogP contribution is 2.26. The fourth-order valence-electron chi connectivity index (χ4n) is 1.48. The highest BCUT2D eigenvalue weighted by atomic mass is 35.5. The highest BCUT2D eigenvalue weighted by molar-refractivity contribution is 6.30. The average Bonchev–Trinajstić information content (AvgIpc) is 2.39.